The zero-order valence-corrected chi connectivity index (χ0v) is 17.7. The Morgan fingerprint density at radius 2 is 1.81 bits per heavy atom. The van der Waals surface area contributed by atoms with Crippen molar-refractivity contribution in [3.8, 4) is 11.3 Å². The van der Waals surface area contributed by atoms with Gasteiger partial charge < -0.3 is 5.32 Å². The summed E-state index contributed by atoms with van der Waals surface area (Å²) >= 11 is 0. The molecule has 0 unspecified atom stereocenters. The number of hydrogen-bond acceptors (Lipinski definition) is 6. The summed E-state index contributed by atoms with van der Waals surface area (Å²) in [5, 5.41) is 7.37. The van der Waals surface area contributed by atoms with E-state index in [0.29, 0.717) is 13.0 Å². The zero-order chi connectivity index (χ0) is 21.8. The molecule has 0 radical (unpaired) electrons. The van der Waals surface area contributed by atoms with E-state index < -0.39 is 9.84 Å². The summed E-state index contributed by atoms with van der Waals surface area (Å²) in [6, 6.07) is 14.0. The van der Waals surface area contributed by atoms with Gasteiger partial charge in [0.2, 0.25) is 5.91 Å². The predicted molar refractivity (Wildman–Crippen MR) is 116 cm³/mol. The van der Waals surface area contributed by atoms with Crippen molar-refractivity contribution in [2.24, 2.45) is 0 Å². The second kappa shape index (κ2) is 8.65. The molecule has 0 aliphatic carbocycles. The molecule has 3 aromatic heterocycles. The molecule has 0 atom stereocenters. The van der Waals surface area contributed by atoms with Crippen LogP contribution in [0.15, 0.2) is 72.0 Å². The highest BCUT2D eigenvalue weighted by Gasteiger charge is 2.09. The topological polar surface area (TPSA) is 106 Å². The molecule has 3 heterocycles. The van der Waals surface area contributed by atoms with E-state index in [1.165, 1.54) is 12.1 Å². The average Bonchev–Trinajstić information content (AvgIpc) is 3.16. The summed E-state index contributed by atoms with van der Waals surface area (Å²) in [6.07, 6.45) is 7.24. The van der Waals surface area contributed by atoms with Gasteiger partial charge in [0, 0.05) is 49.4 Å². The van der Waals surface area contributed by atoms with E-state index in [4.69, 9.17) is 0 Å². The van der Waals surface area contributed by atoms with Gasteiger partial charge in [0.15, 0.2) is 15.5 Å². The summed E-state index contributed by atoms with van der Waals surface area (Å²) in [6.45, 7) is 0.446. The Kier molecular flexibility index (Phi) is 5.77. The van der Waals surface area contributed by atoms with Crippen LogP contribution in [-0.4, -0.2) is 46.7 Å². The number of amides is 1. The monoisotopic (exact) mass is 435 g/mol. The van der Waals surface area contributed by atoms with E-state index in [1.807, 2.05) is 30.5 Å². The molecule has 0 saturated carbocycles. The van der Waals surface area contributed by atoms with E-state index >= 15 is 0 Å². The molecule has 0 aliphatic rings. The van der Waals surface area contributed by atoms with E-state index in [-0.39, 0.29) is 17.2 Å². The number of pyridine rings is 1. The fourth-order valence-electron chi connectivity index (χ4n) is 3.17. The minimum absolute atomic E-state index is 0.131. The summed E-state index contributed by atoms with van der Waals surface area (Å²) in [7, 11) is -3.24. The highest BCUT2D eigenvalue weighted by atomic mass is 32.2. The first kappa shape index (κ1) is 20.7. The first-order chi connectivity index (χ1) is 14.9. The van der Waals surface area contributed by atoms with E-state index in [2.05, 4.69) is 20.4 Å². The molecular formula is C22H21N5O3S. The molecular weight excluding hydrogens is 414 g/mol. The van der Waals surface area contributed by atoms with E-state index in [9.17, 15) is 13.2 Å². The van der Waals surface area contributed by atoms with Gasteiger partial charge >= 0.3 is 0 Å². The Balaban J connectivity index is 1.33. The summed E-state index contributed by atoms with van der Waals surface area (Å²) < 4.78 is 24.7. The number of sulfone groups is 1. The molecule has 4 rings (SSSR count). The van der Waals surface area contributed by atoms with Crippen molar-refractivity contribution in [3.05, 3.63) is 78.4 Å². The van der Waals surface area contributed by atoms with E-state index in [1.54, 1.807) is 29.0 Å². The maximum atomic E-state index is 12.2. The SMILES string of the molecule is CS(=O)(=O)c1ccc(CC(=O)NCCc2cc3nc(-c4ccncc4)ccn3n2)cc1. The predicted octanol–water partition coefficient (Wildman–Crippen LogP) is 2.10. The van der Waals surface area contributed by atoms with Gasteiger partial charge in [-0.1, -0.05) is 12.1 Å². The standard InChI is InChI=1S/C22H21N5O3S/c1-31(29,30)19-4-2-16(3-5-19)14-22(28)24-12-8-18-15-21-25-20(9-13-27(21)26-18)17-6-10-23-11-7-17/h2-7,9-11,13,15H,8,12,14H2,1H3,(H,24,28). The summed E-state index contributed by atoms with van der Waals surface area (Å²) in [5.41, 5.74) is 4.15. The van der Waals surface area contributed by atoms with Crippen molar-refractivity contribution in [3.63, 3.8) is 0 Å². The van der Waals surface area contributed by atoms with Crippen LogP contribution in [0.1, 0.15) is 11.3 Å². The molecule has 0 spiro atoms. The smallest absolute Gasteiger partial charge is 0.224 e. The van der Waals surface area contributed by atoms with Gasteiger partial charge in [-0.25, -0.2) is 17.9 Å². The molecule has 4 aromatic rings. The maximum absolute atomic E-state index is 12.2. The molecule has 1 N–H and O–H groups in total. The molecule has 1 aromatic carbocycles. The van der Waals surface area contributed by atoms with Crippen molar-refractivity contribution < 1.29 is 13.2 Å². The van der Waals surface area contributed by atoms with Crippen LogP contribution in [0.2, 0.25) is 0 Å². The molecule has 1 amide bonds. The number of fused-ring (bicyclic) bond motifs is 1. The number of aromatic nitrogens is 4. The van der Waals surface area contributed by atoms with Crippen LogP contribution in [0.4, 0.5) is 0 Å². The largest absolute Gasteiger partial charge is 0.355 e. The summed E-state index contributed by atoms with van der Waals surface area (Å²) in [4.78, 5) is 21.1. The number of rotatable bonds is 7. The fourth-order valence-corrected chi connectivity index (χ4v) is 3.80. The molecule has 0 aliphatic heterocycles. The number of benzene rings is 1. The Morgan fingerprint density at radius 1 is 1.06 bits per heavy atom. The van der Waals surface area contributed by atoms with Crippen LogP contribution in [0.3, 0.4) is 0 Å². The van der Waals surface area contributed by atoms with Gasteiger partial charge in [-0.05, 0) is 35.9 Å². The number of carbonyl (C=O) groups is 1. The number of nitrogens with zero attached hydrogens (tertiary/aromatic N) is 4. The second-order valence-electron chi connectivity index (χ2n) is 7.18. The van der Waals surface area contributed by atoms with Crippen LogP contribution >= 0.6 is 0 Å². The highest BCUT2D eigenvalue weighted by molar-refractivity contribution is 7.90. The van der Waals surface area contributed by atoms with Crippen LogP contribution in [0.5, 0.6) is 0 Å². The van der Waals surface area contributed by atoms with Gasteiger partial charge in [-0.15, -0.1) is 0 Å². The molecule has 0 fully saturated rings. The van der Waals surface area contributed by atoms with Crippen molar-refractivity contribution in [2.75, 3.05) is 12.8 Å². The third-order valence-corrected chi connectivity index (χ3v) is 5.90. The first-order valence-electron chi connectivity index (χ1n) is 9.70. The van der Waals surface area contributed by atoms with Gasteiger partial charge in [-0.3, -0.25) is 9.78 Å². The lowest BCUT2D eigenvalue weighted by molar-refractivity contribution is -0.120. The van der Waals surface area contributed by atoms with Gasteiger partial charge in [0.25, 0.3) is 0 Å². The van der Waals surface area contributed by atoms with E-state index in [0.717, 1.165) is 34.4 Å². The van der Waals surface area contributed by atoms with Crippen LogP contribution in [-0.2, 0) is 27.5 Å². The molecule has 9 heteroatoms. The van der Waals surface area contributed by atoms with Crippen LogP contribution in [0, 0.1) is 0 Å². The number of nitrogens with one attached hydrogen (secondary N) is 1. The third kappa shape index (κ3) is 5.13. The molecule has 0 saturated heterocycles. The molecule has 8 nitrogen and oxygen atoms in total. The quantitative estimate of drug-likeness (QED) is 0.476. The van der Waals surface area contributed by atoms with Gasteiger partial charge in [0.1, 0.15) is 0 Å². The maximum Gasteiger partial charge on any atom is 0.224 e. The second-order valence-corrected chi connectivity index (χ2v) is 9.20. The Morgan fingerprint density at radius 3 is 2.52 bits per heavy atom. The Labute approximate surface area is 179 Å². The lowest BCUT2D eigenvalue weighted by atomic mass is 10.1. The molecule has 0 bridgehead atoms. The Bertz CT molecular complexity index is 1320. The van der Waals surface area contributed by atoms with Crippen molar-refractivity contribution in [1.29, 1.82) is 0 Å². The van der Waals surface area contributed by atoms with Crippen LogP contribution in [0.25, 0.3) is 16.9 Å². The molecule has 158 valence electrons. The van der Waals surface area contributed by atoms with Crippen molar-refractivity contribution in [2.45, 2.75) is 17.7 Å². The lowest BCUT2D eigenvalue weighted by Crippen LogP contribution is -2.27. The zero-order valence-electron chi connectivity index (χ0n) is 16.9. The normalized spacial score (nSPS) is 11.5. The fraction of sp³-hybridized carbons (Fsp3) is 0.182. The first-order valence-corrected chi connectivity index (χ1v) is 11.6. The third-order valence-electron chi connectivity index (χ3n) is 4.77. The van der Waals surface area contributed by atoms with Gasteiger partial charge in [0.05, 0.1) is 22.7 Å². The average molecular weight is 436 g/mol. The minimum Gasteiger partial charge on any atom is -0.355 e. The number of carbonyl (C=O) groups excluding carboxylic acids is 1. The minimum atomic E-state index is -3.24. The Hall–Kier alpha value is -3.59. The number of hydrogen-bond donors (Lipinski definition) is 1. The molecule has 31 heavy (non-hydrogen) atoms. The van der Waals surface area contributed by atoms with Crippen molar-refractivity contribution >= 4 is 21.4 Å². The summed E-state index contributed by atoms with van der Waals surface area (Å²) in [5.74, 6) is -0.131. The van der Waals surface area contributed by atoms with Crippen LogP contribution < -0.4 is 5.32 Å². The lowest BCUT2D eigenvalue weighted by Gasteiger charge is -2.05. The van der Waals surface area contributed by atoms with Gasteiger partial charge in [-0.2, -0.15) is 5.10 Å². The van der Waals surface area contributed by atoms with Crippen molar-refractivity contribution in [1.82, 2.24) is 24.9 Å². The highest BCUT2D eigenvalue weighted by Crippen LogP contribution is 2.17.